The van der Waals surface area contributed by atoms with Gasteiger partial charge in [-0.05, 0) is 6.07 Å². The van der Waals surface area contributed by atoms with Gasteiger partial charge in [-0.25, -0.2) is 4.68 Å². The van der Waals surface area contributed by atoms with Gasteiger partial charge in [-0.15, -0.1) is 0 Å². The summed E-state index contributed by atoms with van der Waals surface area (Å²) in [6.45, 7) is 1.37. The Bertz CT molecular complexity index is 551. The third kappa shape index (κ3) is 4.10. The molecule has 0 saturated carbocycles. The number of hydrogen-bond acceptors (Lipinski definition) is 6. The van der Waals surface area contributed by atoms with E-state index in [0.29, 0.717) is 19.6 Å². The summed E-state index contributed by atoms with van der Waals surface area (Å²) >= 11 is 0. The molecular weight excluding hydrogens is 278 g/mol. The minimum atomic E-state index is -1.03. The van der Waals surface area contributed by atoms with Gasteiger partial charge in [0.05, 0.1) is 19.8 Å². The lowest BCUT2D eigenvalue weighted by Crippen LogP contribution is -2.43. The van der Waals surface area contributed by atoms with Crippen LogP contribution < -0.4 is 10.9 Å². The molecule has 8 heteroatoms. The quantitative estimate of drug-likeness (QED) is 0.681. The number of aromatic nitrogens is 2. The third-order valence-electron chi connectivity index (χ3n) is 3.27. The number of carbonyl (C=O) groups excluding carboxylic acids is 1. The third-order valence-corrected chi connectivity index (χ3v) is 3.27. The van der Waals surface area contributed by atoms with Gasteiger partial charge in [0.2, 0.25) is 0 Å². The zero-order valence-electron chi connectivity index (χ0n) is 11.9. The topological polar surface area (TPSA) is 103 Å². The molecule has 1 amide bonds. The monoisotopic (exact) mass is 297 g/mol. The average Bonchev–Trinajstić information content (AvgIpc) is 2.91. The maximum Gasteiger partial charge on any atom is 0.271 e. The minimum Gasteiger partial charge on any atom is -0.386 e. The first-order valence-corrected chi connectivity index (χ1v) is 6.69. The highest BCUT2D eigenvalue weighted by Gasteiger charge is 2.32. The van der Waals surface area contributed by atoms with E-state index in [1.807, 2.05) is 0 Å². The molecule has 21 heavy (non-hydrogen) atoms. The summed E-state index contributed by atoms with van der Waals surface area (Å²) < 4.78 is 11.2. The summed E-state index contributed by atoms with van der Waals surface area (Å²) in [5, 5.41) is 16.7. The van der Waals surface area contributed by atoms with Crippen LogP contribution in [-0.2, 0) is 16.0 Å². The fourth-order valence-electron chi connectivity index (χ4n) is 1.98. The van der Waals surface area contributed by atoms with E-state index < -0.39 is 11.5 Å². The number of methoxy groups -OCH3 is 1. The van der Waals surface area contributed by atoms with Crippen molar-refractivity contribution < 1.29 is 19.4 Å². The Kier molecular flexibility index (Phi) is 5.05. The number of nitrogens with one attached hydrogen (secondary N) is 1. The highest BCUT2D eigenvalue weighted by Crippen LogP contribution is 2.16. The largest absolute Gasteiger partial charge is 0.386 e. The Labute approximate surface area is 121 Å². The summed E-state index contributed by atoms with van der Waals surface area (Å²) in [6.07, 6.45) is 0.480. The first kappa shape index (κ1) is 15.6. The molecule has 0 radical (unpaired) electrons. The van der Waals surface area contributed by atoms with E-state index in [-0.39, 0.29) is 30.9 Å². The Morgan fingerprint density at radius 2 is 2.43 bits per heavy atom. The van der Waals surface area contributed by atoms with E-state index in [9.17, 15) is 14.7 Å². The van der Waals surface area contributed by atoms with Gasteiger partial charge in [-0.2, -0.15) is 5.10 Å². The van der Waals surface area contributed by atoms with Crippen molar-refractivity contribution in [2.75, 3.05) is 33.5 Å². The van der Waals surface area contributed by atoms with E-state index in [1.165, 1.54) is 23.9 Å². The molecular formula is C13H19N3O5. The molecule has 8 nitrogen and oxygen atoms in total. The second-order valence-corrected chi connectivity index (χ2v) is 4.98. The van der Waals surface area contributed by atoms with E-state index >= 15 is 0 Å². The number of rotatable bonds is 6. The number of ether oxygens (including phenoxy) is 2. The SMILES string of the molecule is COCCn1nc(C(=O)NCC2(O)CCOC2)ccc1=O. The molecule has 0 aliphatic carbocycles. The summed E-state index contributed by atoms with van der Waals surface area (Å²) in [5.41, 5.74) is -1.21. The van der Waals surface area contributed by atoms with Gasteiger partial charge in [0.1, 0.15) is 11.3 Å². The van der Waals surface area contributed by atoms with Crippen molar-refractivity contribution in [1.82, 2.24) is 15.1 Å². The van der Waals surface area contributed by atoms with Crippen LogP contribution in [0, 0.1) is 0 Å². The predicted molar refractivity (Wildman–Crippen MR) is 73.1 cm³/mol. The lowest BCUT2D eigenvalue weighted by molar-refractivity contribution is 0.0263. The van der Waals surface area contributed by atoms with Gasteiger partial charge in [-0.1, -0.05) is 0 Å². The molecule has 2 heterocycles. The van der Waals surface area contributed by atoms with Gasteiger partial charge in [0, 0.05) is 32.7 Å². The predicted octanol–water partition coefficient (Wildman–Crippen LogP) is -1.23. The fourth-order valence-corrected chi connectivity index (χ4v) is 1.98. The molecule has 1 aromatic rings. The standard InChI is InChI=1S/C13H19N3O5/c1-20-7-5-16-11(17)3-2-10(15-16)12(18)14-8-13(19)4-6-21-9-13/h2-3,19H,4-9H2,1H3,(H,14,18). The van der Waals surface area contributed by atoms with Crippen molar-refractivity contribution in [3.63, 3.8) is 0 Å². The summed E-state index contributed by atoms with van der Waals surface area (Å²) in [4.78, 5) is 23.6. The Hall–Kier alpha value is -1.77. The van der Waals surface area contributed by atoms with Gasteiger partial charge in [0.25, 0.3) is 11.5 Å². The number of nitrogens with zero attached hydrogens (tertiary/aromatic N) is 2. The molecule has 1 atom stereocenters. The molecule has 1 aromatic heterocycles. The second kappa shape index (κ2) is 6.79. The molecule has 1 unspecified atom stereocenters. The lowest BCUT2D eigenvalue weighted by atomic mass is 10.0. The minimum absolute atomic E-state index is 0.0880. The van der Waals surface area contributed by atoms with Crippen molar-refractivity contribution in [3.05, 3.63) is 28.2 Å². The average molecular weight is 297 g/mol. The van der Waals surface area contributed by atoms with E-state index in [2.05, 4.69) is 10.4 Å². The van der Waals surface area contributed by atoms with Crippen molar-refractivity contribution in [3.8, 4) is 0 Å². The van der Waals surface area contributed by atoms with Crippen LogP contribution in [0.15, 0.2) is 16.9 Å². The summed E-state index contributed by atoms with van der Waals surface area (Å²) in [5.74, 6) is -0.443. The van der Waals surface area contributed by atoms with Crippen molar-refractivity contribution in [2.45, 2.75) is 18.6 Å². The van der Waals surface area contributed by atoms with Crippen LogP contribution in [0.5, 0.6) is 0 Å². The highest BCUT2D eigenvalue weighted by atomic mass is 16.5. The molecule has 0 bridgehead atoms. The van der Waals surface area contributed by atoms with Crippen molar-refractivity contribution in [2.24, 2.45) is 0 Å². The van der Waals surface area contributed by atoms with Crippen LogP contribution in [0.3, 0.4) is 0 Å². The summed E-state index contributed by atoms with van der Waals surface area (Å²) in [7, 11) is 1.52. The number of carbonyl (C=O) groups is 1. The molecule has 2 N–H and O–H groups in total. The highest BCUT2D eigenvalue weighted by molar-refractivity contribution is 5.92. The maximum atomic E-state index is 12.0. The van der Waals surface area contributed by atoms with Crippen molar-refractivity contribution >= 4 is 5.91 Å². The van der Waals surface area contributed by atoms with Crippen LogP contribution in [0.4, 0.5) is 0 Å². The van der Waals surface area contributed by atoms with Gasteiger partial charge < -0.3 is 19.9 Å². The van der Waals surface area contributed by atoms with Crippen LogP contribution in [0.25, 0.3) is 0 Å². The second-order valence-electron chi connectivity index (χ2n) is 4.98. The molecule has 1 aliphatic heterocycles. The first-order valence-electron chi connectivity index (χ1n) is 6.69. The van der Waals surface area contributed by atoms with Crippen LogP contribution in [-0.4, -0.2) is 59.9 Å². The molecule has 1 saturated heterocycles. The molecule has 1 fully saturated rings. The Balaban J connectivity index is 2.00. The van der Waals surface area contributed by atoms with Gasteiger partial charge in [-0.3, -0.25) is 9.59 Å². The fraction of sp³-hybridized carbons (Fsp3) is 0.615. The molecule has 116 valence electrons. The van der Waals surface area contributed by atoms with Crippen molar-refractivity contribution in [1.29, 1.82) is 0 Å². The van der Waals surface area contributed by atoms with Crippen LogP contribution in [0.2, 0.25) is 0 Å². The summed E-state index contributed by atoms with van der Waals surface area (Å²) in [6, 6.07) is 2.64. The zero-order chi connectivity index (χ0) is 15.3. The molecule has 1 aliphatic rings. The number of amides is 1. The van der Waals surface area contributed by atoms with Gasteiger partial charge >= 0.3 is 0 Å². The molecule has 2 rings (SSSR count). The van der Waals surface area contributed by atoms with E-state index in [0.717, 1.165) is 0 Å². The molecule has 0 aromatic carbocycles. The smallest absolute Gasteiger partial charge is 0.271 e. The Morgan fingerprint density at radius 3 is 3.10 bits per heavy atom. The van der Waals surface area contributed by atoms with Crippen LogP contribution in [0.1, 0.15) is 16.9 Å². The van der Waals surface area contributed by atoms with E-state index in [1.54, 1.807) is 0 Å². The Morgan fingerprint density at radius 1 is 1.62 bits per heavy atom. The lowest BCUT2D eigenvalue weighted by Gasteiger charge is -2.20. The van der Waals surface area contributed by atoms with E-state index in [4.69, 9.17) is 9.47 Å². The first-order chi connectivity index (χ1) is 10.0. The number of aliphatic hydroxyl groups is 1. The number of hydrogen-bond donors (Lipinski definition) is 2. The van der Waals surface area contributed by atoms with Gasteiger partial charge in [0.15, 0.2) is 0 Å². The normalized spacial score (nSPS) is 21.4. The zero-order valence-corrected chi connectivity index (χ0v) is 11.9. The molecule has 0 spiro atoms. The maximum absolute atomic E-state index is 12.0. The van der Waals surface area contributed by atoms with Crippen LogP contribution >= 0.6 is 0 Å².